The summed E-state index contributed by atoms with van der Waals surface area (Å²) >= 11 is 0. The molecule has 0 N–H and O–H groups in total. The van der Waals surface area contributed by atoms with Crippen LogP contribution in [0.15, 0.2) is 30.3 Å². The highest BCUT2D eigenvalue weighted by Crippen LogP contribution is 2.31. The van der Waals surface area contributed by atoms with Crippen LogP contribution in [0.25, 0.3) is 0 Å². The van der Waals surface area contributed by atoms with Gasteiger partial charge in [0, 0.05) is 5.56 Å². The van der Waals surface area contributed by atoms with Crippen LogP contribution in [0.3, 0.4) is 0 Å². The van der Waals surface area contributed by atoms with E-state index in [1.54, 1.807) is 12.1 Å². The Hall–Kier alpha value is -1.99. The van der Waals surface area contributed by atoms with Crippen molar-refractivity contribution in [3.63, 3.8) is 0 Å². The molecule has 0 amide bonds. The van der Waals surface area contributed by atoms with Crippen LogP contribution in [0.1, 0.15) is 39.5 Å². The van der Waals surface area contributed by atoms with Crippen LogP contribution in [0, 0.1) is 20.8 Å². The Morgan fingerprint density at radius 1 is 1.05 bits per heavy atom. The smallest absolute Gasteiger partial charge is 0.197 e. The maximum atomic E-state index is 12.9. The van der Waals surface area contributed by atoms with E-state index in [9.17, 15) is 9.36 Å². The van der Waals surface area contributed by atoms with Crippen molar-refractivity contribution in [1.29, 1.82) is 0 Å². The Morgan fingerprint density at radius 2 is 1.68 bits per heavy atom. The predicted molar refractivity (Wildman–Crippen MR) is 88.9 cm³/mol. The first kappa shape index (κ1) is 16.4. The van der Waals surface area contributed by atoms with Gasteiger partial charge in [-0.15, -0.1) is 0 Å². The van der Waals surface area contributed by atoms with E-state index >= 15 is 0 Å². The first-order chi connectivity index (χ1) is 10.5. The zero-order chi connectivity index (χ0) is 16.3. The molecular weight excluding hydrogens is 295 g/mol. The summed E-state index contributed by atoms with van der Waals surface area (Å²) in [6.45, 7) is 8.03. The average molecular weight is 314 g/mol. The molecule has 0 bridgehead atoms. The number of benzene rings is 2. The van der Waals surface area contributed by atoms with Crippen LogP contribution in [-0.2, 0) is 4.57 Å². The number of hydrogen-bond donors (Lipinski definition) is 0. The van der Waals surface area contributed by atoms with E-state index in [1.165, 1.54) is 0 Å². The lowest BCUT2D eigenvalue weighted by atomic mass is 9.92. The van der Waals surface area contributed by atoms with E-state index in [1.807, 2.05) is 45.9 Å². The number of hydrogen-bond acceptors (Lipinski definition) is 3. The second-order valence-electron chi connectivity index (χ2n) is 5.15. The molecular formula is C18H19O3P. The highest BCUT2D eigenvalue weighted by Gasteiger charge is 2.24. The number of carbonyl (C=O) groups excluding carboxylic acids is 1. The molecule has 0 radical (unpaired) electrons. The molecule has 0 saturated heterocycles. The Balaban J connectivity index is 2.76. The molecule has 0 aromatic heterocycles. The van der Waals surface area contributed by atoms with Crippen molar-refractivity contribution >= 4 is 19.5 Å². The van der Waals surface area contributed by atoms with Crippen molar-refractivity contribution in [2.24, 2.45) is 0 Å². The van der Waals surface area contributed by atoms with Gasteiger partial charge in [-0.1, -0.05) is 30.3 Å². The lowest BCUT2D eigenvalue weighted by Gasteiger charge is -2.18. The van der Waals surface area contributed by atoms with Crippen LogP contribution < -0.4 is 10.0 Å². The van der Waals surface area contributed by atoms with Crippen LogP contribution in [-0.4, -0.2) is 12.4 Å². The van der Waals surface area contributed by atoms with Gasteiger partial charge < -0.3 is 4.74 Å². The van der Waals surface area contributed by atoms with E-state index in [-0.39, 0.29) is 14.2 Å². The Bertz CT molecular complexity index is 721. The van der Waals surface area contributed by atoms with E-state index in [0.717, 1.165) is 16.7 Å². The second-order valence-corrected chi connectivity index (χ2v) is 5.78. The summed E-state index contributed by atoms with van der Waals surface area (Å²) in [7, 11) is -0.133. The van der Waals surface area contributed by atoms with Crippen molar-refractivity contribution in [3.05, 3.63) is 58.1 Å². The molecule has 3 nitrogen and oxygen atoms in total. The van der Waals surface area contributed by atoms with E-state index in [0.29, 0.717) is 28.8 Å². The first-order valence-corrected chi connectivity index (χ1v) is 8.03. The molecule has 0 fully saturated rings. The topological polar surface area (TPSA) is 43.4 Å². The van der Waals surface area contributed by atoms with Gasteiger partial charge in [0.2, 0.25) is 0 Å². The quantitative estimate of drug-likeness (QED) is 0.615. The summed E-state index contributed by atoms with van der Waals surface area (Å²) in [6.07, 6.45) is 0. The predicted octanol–water partition coefficient (Wildman–Crippen LogP) is 4.16. The van der Waals surface area contributed by atoms with Gasteiger partial charge in [-0.05, 0) is 44.4 Å². The summed E-state index contributed by atoms with van der Waals surface area (Å²) in [5.41, 5.74) is 3.86. The van der Waals surface area contributed by atoms with Gasteiger partial charge in [-0.25, -0.2) is 0 Å². The van der Waals surface area contributed by atoms with Gasteiger partial charge in [0.15, 0.2) is 14.2 Å². The molecule has 0 aliphatic carbocycles. The summed E-state index contributed by atoms with van der Waals surface area (Å²) in [4.78, 5) is 12.9. The fourth-order valence-corrected chi connectivity index (χ4v) is 3.07. The van der Waals surface area contributed by atoms with Crippen molar-refractivity contribution in [3.8, 4) is 5.75 Å². The third-order valence-electron chi connectivity index (χ3n) is 3.94. The molecule has 0 atom stereocenters. The molecule has 0 heterocycles. The van der Waals surface area contributed by atoms with E-state index in [2.05, 4.69) is 0 Å². The fourth-order valence-electron chi connectivity index (χ4n) is 2.51. The monoisotopic (exact) mass is 314 g/mol. The minimum atomic E-state index is -0.133. The molecule has 0 aliphatic rings. The number of ether oxygens (including phenoxy) is 1. The molecule has 114 valence electrons. The molecule has 2 aromatic rings. The van der Waals surface area contributed by atoms with Gasteiger partial charge >= 0.3 is 0 Å². The van der Waals surface area contributed by atoms with Crippen LogP contribution in [0.4, 0.5) is 0 Å². The normalized spacial score (nSPS) is 10.7. The highest BCUT2D eigenvalue weighted by atomic mass is 31.1. The fraction of sp³-hybridized carbons (Fsp3) is 0.278. The van der Waals surface area contributed by atoms with E-state index in [4.69, 9.17) is 4.74 Å². The third kappa shape index (κ3) is 2.82. The van der Waals surface area contributed by atoms with Gasteiger partial charge in [0.1, 0.15) is 5.75 Å². The maximum absolute atomic E-state index is 12.9. The van der Waals surface area contributed by atoms with Crippen LogP contribution in [0.5, 0.6) is 5.75 Å². The van der Waals surface area contributed by atoms with Gasteiger partial charge in [-0.2, -0.15) is 0 Å². The molecule has 0 spiro atoms. The van der Waals surface area contributed by atoms with Crippen LogP contribution in [0.2, 0.25) is 0 Å². The maximum Gasteiger partial charge on any atom is 0.197 e. The lowest BCUT2D eigenvalue weighted by Crippen LogP contribution is -2.17. The van der Waals surface area contributed by atoms with Gasteiger partial charge in [-0.3, -0.25) is 9.36 Å². The minimum Gasteiger partial charge on any atom is -0.492 e. The van der Waals surface area contributed by atoms with Crippen LogP contribution >= 0.6 is 8.46 Å². The molecule has 0 unspecified atom stereocenters. The zero-order valence-corrected chi connectivity index (χ0v) is 14.2. The van der Waals surface area contributed by atoms with Gasteiger partial charge in [0.25, 0.3) is 0 Å². The molecule has 0 aliphatic heterocycles. The second kappa shape index (κ2) is 6.85. The molecule has 2 aromatic carbocycles. The van der Waals surface area contributed by atoms with Gasteiger partial charge in [0.05, 0.1) is 17.5 Å². The molecule has 4 heteroatoms. The summed E-state index contributed by atoms with van der Waals surface area (Å²) < 4.78 is 17.3. The van der Waals surface area contributed by atoms with Crippen molar-refractivity contribution in [1.82, 2.24) is 0 Å². The van der Waals surface area contributed by atoms with Crippen molar-refractivity contribution in [2.75, 3.05) is 6.61 Å². The molecule has 0 saturated carbocycles. The Kier molecular flexibility index (Phi) is 5.10. The summed E-state index contributed by atoms with van der Waals surface area (Å²) in [5, 5.41) is 0.559. The average Bonchev–Trinajstić information content (AvgIpc) is 2.54. The molecule has 2 rings (SSSR count). The largest absolute Gasteiger partial charge is 0.492 e. The van der Waals surface area contributed by atoms with Crippen molar-refractivity contribution in [2.45, 2.75) is 27.7 Å². The third-order valence-corrected chi connectivity index (χ3v) is 4.66. The standard InChI is InChI=1S/C18H19O3P/c1-5-21-17-15(16(19)14-9-7-6-8-10-14)12(3)11(2)13(4)18(17)22-20/h6-10H,5H2,1-4H3. The first-order valence-electron chi connectivity index (χ1n) is 7.22. The lowest BCUT2D eigenvalue weighted by molar-refractivity contribution is 0.103. The number of rotatable bonds is 5. The summed E-state index contributed by atoms with van der Waals surface area (Å²) in [6, 6.07) is 9.09. The number of ketones is 1. The van der Waals surface area contributed by atoms with E-state index < -0.39 is 0 Å². The SMILES string of the molecule is CCOc1c(P=O)c(C)c(C)c(C)c1C(=O)c1ccccc1. The Morgan fingerprint density at radius 3 is 2.23 bits per heavy atom. The van der Waals surface area contributed by atoms with Crippen molar-refractivity contribution < 1.29 is 14.1 Å². The highest BCUT2D eigenvalue weighted by molar-refractivity contribution is 7.34. The minimum absolute atomic E-state index is 0.102. The summed E-state index contributed by atoms with van der Waals surface area (Å²) in [5.74, 6) is 0.336. The number of carbonyl (C=O) groups is 1. The zero-order valence-electron chi connectivity index (χ0n) is 13.3. The Labute approximate surface area is 132 Å². The molecule has 22 heavy (non-hydrogen) atoms.